The van der Waals surface area contributed by atoms with Gasteiger partial charge in [-0.05, 0) is 35.4 Å². The summed E-state index contributed by atoms with van der Waals surface area (Å²) in [5, 5.41) is 0. The molecule has 0 aliphatic rings. The Balaban J connectivity index is 0.00000137. The highest BCUT2D eigenvalue weighted by molar-refractivity contribution is 5.28. The van der Waals surface area contributed by atoms with E-state index in [9.17, 15) is 0 Å². The van der Waals surface area contributed by atoms with Crippen LogP contribution in [-0.2, 0) is 0 Å². The summed E-state index contributed by atoms with van der Waals surface area (Å²) in [5.41, 5.74) is 1.71. The van der Waals surface area contributed by atoms with Gasteiger partial charge < -0.3 is 4.74 Å². The van der Waals surface area contributed by atoms with E-state index in [1.165, 1.54) is 5.56 Å². The summed E-state index contributed by atoms with van der Waals surface area (Å²) >= 11 is 0. The monoisotopic (exact) mass is 250 g/mol. The van der Waals surface area contributed by atoms with Crippen LogP contribution in [0.1, 0.15) is 66.4 Å². The molecule has 0 radical (unpaired) electrons. The second-order valence-corrected chi connectivity index (χ2v) is 5.88. The summed E-state index contributed by atoms with van der Waals surface area (Å²) in [4.78, 5) is 0. The van der Waals surface area contributed by atoms with Crippen molar-refractivity contribution in [2.45, 2.75) is 60.8 Å². The van der Waals surface area contributed by atoms with Crippen LogP contribution in [0, 0.1) is 5.41 Å². The lowest BCUT2D eigenvalue weighted by molar-refractivity contribution is 0.243. The quantitative estimate of drug-likeness (QED) is 0.671. The Labute approximate surface area is 114 Å². The van der Waals surface area contributed by atoms with Crippen molar-refractivity contribution in [3.05, 3.63) is 29.8 Å². The van der Waals surface area contributed by atoms with Gasteiger partial charge >= 0.3 is 0 Å². The fourth-order valence-corrected chi connectivity index (χ4v) is 1.42. The van der Waals surface area contributed by atoms with Gasteiger partial charge in [-0.15, -0.1) is 0 Å². The number of ether oxygens (including phenoxy) is 1. The molecule has 0 N–H and O–H groups in total. The van der Waals surface area contributed by atoms with Gasteiger partial charge in [-0.2, -0.15) is 0 Å². The molecule has 1 aromatic carbocycles. The molecule has 1 aromatic rings. The third kappa shape index (κ3) is 7.37. The van der Waals surface area contributed by atoms with E-state index < -0.39 is 0 Å². The molecule has 0 saturated heterocycles. The van der Waals surface area contributed by atoms with E-state index in [1.54, 1.807) is 0 Å². The van der Waals surface area contributed by atoms with Crippen molar-refractivity contribution in [2.24, 2.45) is 5.41 Å². The summed E-state index contributed by atoms with van der Waals surface area (Å²) in [6.07, 6.45) is 1.08. The van der Waals surface area contributed by atoms with E-state index in [4.69, 9.17) is 4.74 Å². The van der Waals surface area contributed by atoms with Crippen molar-refractivity contribution in [3.8, 4) is 5.75 Å². The highest BCUT2D eigenvalue weighted by Gasteiger charge is 2.09. The third-order valence-corrected chi connectivity index (χ3v) is 2.67. The molecule has 0 unspecified atom stereocenters. The molecular weight excluding hydrogens is 220 g/mol. The fourth-order valence-electron chi connectivity index (χ4n) is 1.42. The van der Waals surface area contributed by atoms with Crippen LogP contribution in [0.3, 0.4) is 0 Å². The van der Waals surface area contributed by atoms with Crippen LogP contribution in [0.25, 0.3) is 0 Å². The Morgan fingerprint density at radius 1 is 1.00 bits per heavy atom. The average Bonchev–Trinajstić information content (AvgIpc) is 2.30. The molecule has 0 aliphatic heterocycles. The minimum absolute atomic E-state index is 0.345. The molecule has 0 saturated carbocycles. The molecular formula is C17H30O. The number of hydrogen-bond donors (Lipinski definition) is 0. The lowest BCUT2D eigenvalue weighted by atomic mass is 9.93. The Kier molecular flexibility index (Phi) is 7.73. The van der Waals surface area contributed by atoms with Crippen molar-refractivity contribution >= 4 is 0 Å². The van der Waals surface area contributed by atoms with Crippen LogP contribution in [0.5, 0.6) is 5.75 Å². The zero-order valence-corrected chi connectivity index (χ0v) is 13.2. The molecule has 104 valence electrons. The molecule has 0 heterocycles. The summed E-state index contributed by atoms with van der Waals surface area (Å²) in [6.45, 7) is 15.9. The predicted molar refractivity (Wildman–Crippen MR) is 81.4 cm³/mol. The van der Waals surface area contributed by atoms with Gasteiger partial charge in [-0.25, -0.2) is 0 Å². The summed E-state index contributed by atoms with van der Waals surface area (Å²) in [5.74, 6) is 1.57. The van der Waals surface area contributed by atoms with Gasteiger partial charge in [0.1, 0.15) is 5.75 Å². The predicted octanol–water partition coefficient (Wildman–Crippen LogP) is 5.65. The smallest absolute Gasteiger partial charge is 0.119 e. The Morgan fingerprint density at radius 3 is 1.89 bits per heavy atom. The van der Waals surface area contributed by atoms with Crippen LogP contribution in [0.15, 0.2) is 24.3 Å². The lowest BCUT2D eigenvalue weighted by Gasteiger charge is -2.18. The van der Waals surface area contributed by atoms with Crippen molar-refractivity contribution < 1.29 is 4.74 Å². The van der Waals surface area contributed by atoms with Crippen LogP contribution in [-0.4, -0.2) is 6.61 Å². The first-order chi connectivity index (χ1) is 8.38. The Morgan fingerprint density at radius 2 is 1.50 bits per heavy atom. The maximum atomic E-state index is 5.72. The largest absolute Gasteiger partial charge is 0.494 e. The minimum Gasteiger partial charge on any atom is -0.494 e. The zero-order chi connectivity index (χ0) is 14.2. The number of rotatable bonds is 4. The van der Waals surface area contributed by atoms with E-state index in [1.807, 2.05) is 13.8 Å². The second kappa shape index (κ2) is 8.18. The Hall–Kier alpha value is -0.980. The third-order valence-electron chi connectivity index (χ3n) is 2.67. The zero-order valence-electron chi connectivity index (χ0n) is 13.2. The second-order valence-electron chi connectivity index (χ2n) is 5.88. The first-order valence-electron chi connectivity index (χ1n) is 7.11. The topological polar surface area (TPSA) is 9.23 Å². The SMILES string of the molecule is CC.CC(C)c1ccc(OCCC(C)(C)C)cc1. The van der Waals surface area contributed by atoms with Crippen LogP contribution in [0.2, 0.25) is 0 Å². The van der Waals surface area contributed by atoms with E-state index in [-0.39, 0.29) is 0 Å². The molecule has 0 fully saturated rings. The summed E-state index contributed by atoms with van der Waals surface area (Å²) in [6, 6.07) is 8.43. The van der Waals surface area contributed by atoms with E-state index in [0.29, 0.717) is 11.3 Å². The van der Waals surface area contributed by atoms with Crippen molar-refractivity contribution in [3.63, 3.8) is 0 Å². The van der Waals surface area contributed by atoms with Crippen LogP contribution < -0.4 is 4.74 Å². The maximum Gasteiger partial charge on any atom is 0.119 e. The molecule has 1 nitrogen and oxygen atoms in total. The number of hydrogen-bond acceptors (Lipinski definition) is 1. The molecule has 1 rings (SSSR count). The minimum atomic E-state index is 0.345. The highest BCUT2D eigenvalue weighted by Crippen LogP contribution is 2.21. The van der Waals surface area contributed by atoms with Crippen LogP contribution in [0.4, 0.5) is 0 Å². The molecule has 0 spiro atoms. The summed E-state index contributed by atoms with van der Waals surface area (Å²) < 4.78 is 5.72. The first kappa shape index (κ1) is 17.0. The van der Waals surface area contributed by atoms with Crippen molar-refractivity contribution in [1.82, 2.24) is 0 Å². The van der Waals surface area contributed by atoms with E-state index in [0.717, 1.165) is 18.8 Å². The van der Waals surface area contributed by atoms with Gasteiger partial charge in [-0.3, -0.25) is 0 Å². The van der Waals surface area contributed by atoms with Gasteiger partial charge in [-0.1, -0.05) is 60.6 Å². The maximum absolute atomic E-state index is 5.72. The van der Waals surface area contributed by atoms with E-state index in [2.05, 4.69) is 58.9 Å². The van der Waals surface area contributed by atoms with Crippen molar-refractivity contribution in [2.75, 3.05) is 6.61 Å². The first-order valence-corrected chi connectivity index (χ1v) is 7.11. The van der Waals surface area contributed by atoms with Gasteiger partial charge in [0.15, 0.2) is 0 Å². The molecule has 1 heteroatoms. The molecule has 18 heavy (non-hydrogen) atoms. The standard InChI is InChI=1S/C15H24O.C2H6/c1-12(2)13-6-8-14(9-7-13)16-11-10-15(3,4)5;1-2/h6-9,12H,10-11H2,1-5H3;1-2H3. The highest BCUT2D eigenvalue weighted by atomic mass is 16.5. The van der Waals surface area contributed by atoms with Gasteiger partial charge in [0.25, 0.3) is 0 Å². The average molecular weight is 250 g/mol. The molecule has 0 aromatic heterocycles. The molecule has 0 amide bonds. The molecule has 0 bridgehead atoms. The van der Waals surface area contributed by atoms with Gasteiger partial charge in [0.2, 0.25) is 0 Å². The Bertz CT molecular complexity index is 303. The van der Waals surface area contributed by atoms with E-state index >= 15 is 0 Å². The molecule has 0 aliphatic carbocycles. The summed E-state index contributed by atoms with van der Waals surface area (Å²) in [7, 11) is 0. The van der Waals surface area contributed by atoms with Gasteiger partial charge in [0.05, 0.1) is 6.61 Å². The fraction of sp³-hybridized carbons (Fsp3) is 0.647. The lowest BCUT2D eigenvalue weighted by Crippen LogP contribution is -2.11. The number of benzene rings is 1. The molecule has 0 atom stereocenters. The normalized spacial score (nSPS) is 10.9. The van der Waals surface area contributed by atoms with Crippen LogP contribution >= 0.6 is 0 Å². The van der Waals surface area contributed by atoms with Crippen molar-refractivity contribution in [1.29, 1.82) is 0 Å². The van der Waals surface area contributed by atoms with Gasteiger partial charge in [0, 0.05) is 0 Å².